The van der Waals surface area contributed by atoms with Gasteiger partial charge < -0.3 is 9.84 Å². The second kappa shape index (κ2) is 8.22. The zero-order valence-electron chi connectivity index (χ0n) is 18.2. The van der Waals surface area contributed by atoms with E-state index in [1.807, 2.05) is 6.92 Å². The molecule has 27 heavy (non-hydrogen) atoms. The number of piperidine rings is 1. The number of nitrogens with zero attached hydrogens (tertiary/aromatic N) is 1. The Labute approximate surface area is 164 Å². The number of carbonyl (C=O) groups excluding carboxylic acids is 1. The first-order valence-electron chi connectivity index (χ1n) is 10.2. The predicted molar refractivity (Wildman–Crippen MR) is 110 cm³/mol. The van der Waals surface area contributed by atoms with Crippen molar-refractivity contribution >= 4 is 5.97 Å². The summed E-state index contributed by atoms with van der Waals surface area (Å²) in [6.07, 6.45) is 1.92. The lowest BCUT2D eigenvalue weighted by atomic mass is 9.78. The lowest BCUT2D eigenvalue weighted by Crippen LogP contribution is -2.39. The van der Waals surface area contributed by atoms with Gasteiger partial charge in [0.15, 0.2) is 0 Å². The van der Waals surface area contributed by atoms with Crippen LogP contribution in [-0.4, -0.2) is 35.7 Å². The van der Waals surface area contributed by atoms with Crippen LogP contribution in [0.25, 0.3) is 0 Å². The standard InChI is InChI=1S/C23H37NO3/c1-8-27-21(26)17-10-9-11-24(15-17)14-16-12-18(22(2,3)4)20(25)19(13-16)23(5,6)7/h12-13,17,25H,8-11,14-15H2,1-7H3. The van der Waals surface area contributed by atoms with Gasteiger partial charge >= 0.3 is 5.97 Å². The fraction of sp³-hybridized carbons (Fsp3) is 0.696. The Bertz CT molecular complexity index is 632. The molecule has 1 heterocycles. The normalized spacial score (nSPS) is 19.1. The molecule has 1 aromatic rings. The van der Waals surface area contributed by atoms with E-state index in [4.69, 9.17) is 4.74 Å². The number of benzene rings is 1. The SMILES string of the molecule is CCOC(=O)C1CCCN(Cc2cc(C(C)(C)C)c(O)c(C(C)(C)C)c2)C1. The van der Waals surface area contributed by atoms with Crippen molar-refractivity contribution in [3.63, 3.8) is 0 Å². The summed E-state index contributed by atoms with van der Waals surface area (Å²) in [7, 11) is 0. The highest BCUT2D eigenvalue weighted by Gasteiger charge is 2.29. The van der Waals surface area contributed by atoms with E-state index in [9.17, 15) is 9.90 Å². The Kier molecular flexibility index (Phi) is 6.62. The number of esters is 1. The molecule has 2 rings (SSSR count). The van der Waals surface area contributed by atoms with Crippen LogP contribution < -0.4 is 0 Å². The first-order chi connectivity index (χ1) is 12.4. The molecule has 0 aliphatic carbocycles. The largest absolute Gasteiger partial charge is 0.507 e. The smallest absolute Gasteiger partial charge is 0.310 e. The van der Waals surface area contributed by atoms with Crippen molar-refractivity contribution in [3.8, 4) is 5.75 Å². The van der Waals surface area contributed by atoms with E-state index in [1.165, 1.54) is 5.56 Å². The molecule has 152 valence electrons. The van der Waals surface area contributed by atoms with E-state index in [-0.39, 0.29) is 22.7 Å². The van der Waals surface area contributed by atoms with E-state index < -0.39 is 0 Å². The quantitative estimate of drug-likeness (QED) is 0.771. The number of phenolic OH excluding ortho intramolecular Hbond substituents is 1. The molecule has 4 heteroatoms. The van der Waals surface area contributed by atoms with Gasteiger partial charge in [-0.05, 0) is 53.8 Å². The first kappa shape index (κ1) is 21.7. The molecule has 1 aliphatic rings. The summed E-state index contributed by atoms with van der Waals surface area (Å²) < 4.78 is 5.22. The van der Waals surface area contributed by atoms with E-state index >= 15 is 0 Å². The summed E-state index contributed by atoms with van der Waals surface area (Å²) in [4.78, 5) is 14.5. The summed E-state index contributed by atoms with van der Waals surface area (Å²) >= 11 is 0. The number of hydrogen-bond acceptors (Lipinski definition) is 4. The van der Waals surface area contributed by atoms with Gasteiger partial charge in [0.2, 0.25) is 0 Å². The molecule has 0 aromatic heterocycles. The van der Waals surface area contributed by atoms with Gasteiger partial charge in [-0.3, -0.25) is 9.69 Å². The van der Waals surface area contributed by atoms with Crippen molar-refractivity contribution in [1.82, 2.24) is 4.90 Å². The maximum atomic E-state index is 12.1. The highest BCUT2D eigenvalue weighted by molar-refractivity contribution is 5.72. The van der Waals surface area contributed by atoms with Crippen LogP contribution in [0.4, 0.5) is 0 Å². The Morgan fingerprint density at radius 1 is 1.15 bits per heavy atom. The molecule has 1 fully saturated rings. The monoisotopic (exact) mass is 375 g/mol. The second-order valence-electron chi connectivity index (χ2n) is 9.87. The minimum absolute atomic E-state index is 0.0278. The molecular formula is C23H37NO3. The number of rotatable bonds is 4. The average molecular weight is 376 g/mol. The van der Waals surface area contributed by atoms with Crippen molar-refractivity contribution in [1.29, 1.82) is 0 Å². The second-order valence-corrected chi connectivity index (χ2v) is 9.87. The summed E-state index contributed by atoms with van der Waals surface area (Å²) in [6.45, 7) is 17.6. The van der Waals surface area contributed by atoms with Crippen LogP contribution in [0.15, 0.2) is 12.1 Å². The Hall–Kier alpha value is -1.55. The lowest BCUT2D eigenvalue weighted by Gasteiger charge is -2.33. The minimum atomic E-state index is -0.130. The van der Waals surface area contributed by atoms with Crippen molar-refractivity contribution in [2.45, 2.75) is 78.7 Å². The van der Waals surface area contributed by atoms with Crippen LogP contribution in [0.3, 0.4) is 0 Å². The maximum Gasteiger partial charge on any atom is 0.310 e. The van der Waals surface area contributed by atoms with Gasteiger partial charge in [0.05, 0.1) is 12.5 Å². The van der Waals surface area contributed by atoms with Gasteiger partial charge in [0.25, 0.3) is 0 Å². The fourth-order valence-corrected chi connectivity index (χ4v) is 3.84. The van der Waals surface area contributed by atoms with Crippen LogP contribution in [0.5, 0.6) is 5.75 Å². The number of likely N-dealkylation sites (tertiary alicyclic amines) is 1. The molecule has 1 N–H and O–H groups in total. The maximum absolute atomic E-state index is 12.1. The van der Waals surface area contributed by atoms with E-state index in [0.717, 1.165) is 43.6 Å². The number of hydrogen-bond donors (Lipinski definition) is 1. The summed E-state index contributed by atoms with van der Waals surface area (Å²) in [5.74, 6) is 0.320. The van der Waals surface area contributed by atoms with Gasteiger partial charge in [0, 0.05) is 13.1 Å². The molecule has 0 amide bonds. The highest BCUT2D eigenvalue weighted by atomic mass is 16.5. The zero-order valence-corrected chi connectivity index (χ0v) is 18.2. The van der Waals surface area contributed by atoms with Crippen LogP contribution in [0.2, 0.25) is 0 Å². The summed E-state index contributed by atoms with van der Waals surface area (Å²) in [5, 5.41) is 10.9. The van der Waals surface area contributed by atoms with E-state index in [2.05, 4.69) is 58.6 Å². The van der Waals surface area contributed by atoms with Gasteiger partial charge in [-0.1, -0.05) is 53.7 Å². The molecule has 0 radical (unpaired) electrons. The van der Waals surface area contributed by atoms with E-state index in [0.29, 0.717) is 12.4 Å². The van der Waals surface area contributed by atoms with Crippen molar-refractivity contribution in [2.75, 3.05) is 19.7 Å². The Morgan fingerprint density at radius 3 is 2.19 bits per heavy atom. The van der Waals surface area contributed by atoms with Crippen LogP contribution >= 0.6 is 0 Å². The molecule has 1 saturated heterocycles. The Balaban J connectivity index is 2.29. The van der Waals surface area contributed by atoms with Crippen LogP contribution in [0.1, 0.15) is 78.0 Å². The fourth-order valence-electron chi connectivity index (χ4n) is 3.84. The molecular weight excluding hydrogens is 338 g/mol. The summed E-state index contributed by atoms with van der Waals surface area (Å²) in [5.41, 5.74) is 2.92. The van der Waals surface area contributed by atoms with E-state index in [1.54, 1.807) is 0 Å². The molecule has 0 bridgehead atoms. The highest BCUT2D eigenvalue weighted by Crippen LogP contribution is 2.40. The molecule has 4 nitrogen and oxygen atoms in total. The molecule has 1 atom stereocenters. The van der Waals surface area contributed by atoms with Gasteiger partial charge in [-0.15, -0.1) is 0 Å². The molecule has 0 spiro atoms. The summed E-state index contributed by atoms with van der Waals surface area (Å²) in [6, 6.07) is 4.27. The minimum Gasteiger partial charge on any atom is -0.507 e. The van der Waals surface area contributed by atoms with Gasteiger partial charge in [-0.2, -0.15) is 0 Å². The third-order valence-electron chi connectivity index (χ3n) is 5.32. The number of ether oxygens (including phenoxy) is 1. The van der Waals surface area contributed by atoms with Crippen molar-refractivity contribution in [2.24, 2.45) is 5.92 Å². The topological polar surface area (TPSA) is 49.8 Å². The number of carbonyl (C=O) groups is 1. The van der Waals surface area contributed by atoms with Gasteiger partial charge in [0.1, 0.15) is 5.75 Å². The predicted octanol–water partition coefficient (Wildman–Crippen LogP) is 4.76. The molecule has 1 aliphatic heterocycles. The first-order valence-corrected chi connectivity index (χ1v) is 10.2. The molecule has 0 saturated carbocycles. The van der Waals surface area contributed by atoms with Crippen molar-refractivity contribution < 1.29 is 14.6 Å². The third-order valence-corrected chi connectivity index (χ3v) is 5.32. The number of phenols is 1. The lowest BCUT2D eigenvalue weighted by molar-refractivity contribution is -0.150. The third kappa shape index (κ3) is 5.47. The number of aromatic hydroxyl groups is 1. The van der Waals surface area contributed by atoms with Crippen LogP contribution in [-0.2, 0) is 26.9 Å². The molecule has 1 aromatic carbocycles. The van der Waals surface area contributed by atoms with Gasteiger partial charge in [-0.25, -0.2) is 0 Å². The van der Waals surface area contributed by atoms with Crippen LogP contribution in [0, 0.1) is 5.92 Å². The Morgan fingerprint density at radius 2 is 1.70 bits per heavy atom. The zero-order chi connectivity index (χ0) is 20.4. The van der Waals surface area contributed by atoms with Crippen molar-refractivity contribution in [3.05, 3.63) is 28.8 Å². The average Bonchev–Trinajstić information content (AvgIpc) is 2.54. The molecule has 1 unspecified atom stereocenters.